The molecule has 1 heterocycles. The molecule has 0 aromatic carbocycles. The summed E-state index contributed by atoms with van der Waals surface area (Å²) in [5.74, 6) is 1.34. The predicted octanol–water partition coefficient (Wildman–Crippen LogP) is 0.505. The molecule has 0 saturated carbocycles. The molecule has 3 nitrogen and oxygen atoms in total. The van der Waals surface area contributed by atoms with Crippen LogP contribution in [0.1, 0.15) is 6.42 Å². The molecule has 1 rings (SSSR count). The molecule has 3 heteroatoms. The fourth-order valence-corrected chi connectivity index (χ4v) is 1.85. The molecule has 72 valence electrons. The van der Waals surface area contributed by atoms with E-state index < -0.39 is 0 Å². The summed E-state index contributed by atoms with van der Waals surface area (Å²) >= 11 is 0. The molecule has 0 bridgehead atoms. The molecule has 1 aliphatic rings. The van der Waals surface area contributed by atoms with Crippen molar-refractivity contribution in [1.29, 1.82) is 0 Å². The van der Waals surface area contributed by atoms with Crippen molar-refractivity contribution in [1.82, 2.24) is 5.32 Å². The largest absolute Gasteiger partial charge is 0.384 e. The molecule has 0 aromatic heterocycles. The molecular formula is C9H19NO2. The molecule has 0 amide bonds. The normalized spacial score (nSPS) is 30.5. The van der Waals surface area contributed by atoms with Crippen LogP contribution in [0.4, 0.5) is 0 Å². The van der Waals surface area contributed by atoms with E-state index in [1.807, 2.05) is 0 Å². The summed E-state index contributed by atoms with van der Waals surface area (Å²) in [7, 11) is 3.53. The molecule has 0 unspecified atom stereocenters. The lowest BCUT2D eigenvalue weighted by molar-refractivity contribution is 0.0859. The summed E-state index contributed by atoms with van der Waals surface area (Å²) < 4.78 is 10.3. The minimum Gasteiger partial charge on any atom is -0.384 e. The minimum absolute atomic E-state index is 0.670. The lowest BCUT2D eigenvalue weighted by Crippen LogP contribution is -2.39. The van der Waals surface area contributed by atoms with E-state index in [0.717, 1.165) is 26.3 Å². The van der Waals surface area contributed by atoms with Crippen LogP contribution in [0.25, 0.3) is 0 Å². The lowest BCUT2D eigenvalue weighted by atomic mass is 9.92. The maximum Gasteiger partial charge on any atom is 0.0502 e. The molecule has 1 saturated heterocycles. The van der Waals surface area contributed by atoms with Crippen molar-refractivity contribution >= 4 is 0 Å². The van der Waals surface area contributed by atoms with E-state index in [2.05, 4.69) is 5.32 Å². The van der Waals surface area contributed by atoms with Gasteiger partial charge in [-0.2, -0.15) is 0 Å². The predicted molar refractivity (Wildman–Crippen MR) is 48.2 cm³/mol. The van der Waals surface area contributed by atoms with Crippen LogP contribution in [0.15, 0.2) is 0 Å². The average molecular weight is 173 g/mol. The van der Waals surface area contributed by atoms with Crippen molar-refractivity contribution in [2.24, 2.45) is 11.8 Å². The Morgan fingerprint density at radius 1 is 1.08 bits per heavy atom. The fraction of sp³-hybridized carbons (Fsp3) is 1.00. The average Bonchev–Trinajstić information content (AvgIpc) is 2.06. The third-order valence-corrected chi connectivity index (χ3v) is 2.34. The van der Waals surface area contributed by atoms with E-state index in [1.54, 1.807) is 14.2 Å². The Bertz CT molecular complexity index is 103. The Labute approximate surface area is 74.4 Å². The smallest absolute Gasteiger partial charge is 0.0502 e. The minimum atomic E-state index is 0.670. The van der Waals surface area contributed by atoms with Crippen molar-refractivity contribution < 1.29 is 9.47 Å². The van der Waals surface area contributed by atoms with Crippen LogP contribution in [0.3, 0.4) is 0 Å². The maximum absolute atomic E-state index is 5.13. The Kier molecular flexibility index (Phi) is 4.58. The van der Waals surface area contributed by atoms with Crippen LogP contribution in [0, 0.1) is 11.8 Å². The highest BCUT2D eigenvalue weighted by atomic mass is 16.5. The van der Waals surface area contributed by atoms with Crippen molar-refractivity contribution in [3.8, 4) is 0 Å². The highest BCUT2D eigenvalue weighted by Crippen LogP contribution is 2.16. The van der Waals surface area contributed by atoms with Crippen LogP contribution in [-0.2, 0) is 9.47 Å². The van der Waals surface area contributed by atoms with Gasteiger partial charge in [0, 0.05) is 27.3 Å². The van der Waals surface area contributed by atoms with Crippen molar-refractivity contribution in [2.45, 2.75) is 6.42 Å². The SMILES string of the molecule is COC[C@H]1CNC[C@@H](COC)C1. The van der Waals surface area contributed by atoms with E-state index in [4.69, 9.17) is 9.47 Å². The monoisotopic (exact) mass is 173 g/mol. The summed E-state index contributed by atoms with van der Waals surface area (Å²) in [6.07, 6.45) is 1.23. The Hall–Kier alpha value is -0.120. The zero-order chi connectivity index (χ0) is 8.81. The third kappa shape index (κ3) is 3.09. The van der Waals surface area contributed by atoms with Crippen molar-refractivity contribution in [3.05, 3.63) is 0 Å². The van der Waals surface area contributed by atoms with Gasteiger partial charge in [0.05, 0.1) is 13.2 Å². The van der Waals surface area contributed by atoms with Crippen molar-refractivity contribution in [2.75, 3.05) is 40.5 Å². The number of hydrogen-bond donors (Lipinski definition) is 1. The van der Waals surface area contributed by atoms with E-state index in [1.165, 1.54) is 6.42 Å². The van der Waals surface area contributed by atoms with Gasteiger partial charge in [-0.25, -0.2) is 0 Å². The summed E-state index contributed by atoms with van der Waals surface area (Å²) in [5, 5.41) is 3.39. The van der Waals surface area contributed by atoms with E-state index >= 15 is 0 Å². The molecule has 0 aromatic rings. The molecule has 2 atom stereocenters. The van der Waals surface area contributed by atoms with Gasteiger partial charge >= 0.3 is 0 Å². The topological polar surface area (TPSA) is 30.5 Å². The van der Waals surface area contributed by atoms with Crippen LogP contribution in [0.2, 0.25) is 0 Å². The summed E-state index contributed by atoms with van der Waals surface area (Å²) in [4.78, 5) is 0. The Balaban J connectivity index is 2.20. The summed E-state index contributed by atoms with van der Waals surface area (Å²) in [5.41, 5.74) is 0. The second-order valence-electron chi connectivity index (χ2n) is 3.54. The molecule has 0 radical (unpaired) electrons. The maximum atomic E-state index is 5.13. The molecule has 12 heavy (non-hydrogen) atoms. The van der Waals surface area contributed by atoms with Gasteiger partial charge in [0.25, 0.3) is 0 Å². The van der Waals surface area contributed by atoms with Gasteiger partial charge in [-0.15, -0.1) is 0 Å². The molecule has 1 fully saturated rings. The zero-order valence-electron chi connectivity index (χ0n) is 8.01. The fourth-order valence-electron chi connectivity index (χ4n) is 1.85. The number of hydrogen-bond acceptors (Lipinski definition) is 3. The lowest BCUT2D eigenvalue weighted by Gasteiger charge is -2.28. The van der Waals surface area contributed by atoms with Gasteiger partial charge in [-0.1, -0.05) is 0 Å². The number of rotatable bonds is 4. The highest BCUT2D eigenvalue weighted by molar-refractivity contribution is 4.75. The first-order valence-corrected chi connectivity index (χ1v) is 4.55. The number of nitrogens with one attached hydrogen (secondary N) is 1. The molecule has 1 N–H and O–H groups in total. The first-order valence-electron chi connectivity index (χ1n) is 4.55. The second kappa shape index (κ2) is 5.51. The number of piperidine rings is 1. The van der Waals surface area contributed by atoms with Gasteiger partial charge in [-0.3, -0.25) is 0 Å². The Morgan fingerprint density at radius 2 is 1.58 bits per heavy atom. The standard InChI is InChI=1S/C9H19NO2/c1-11-6-8-3-9(7-12-2)5-10-4-8/h8-10H,3-7H2,1-2H3/t8-,9+. The van der Waals surface area contributed by atoms with Crippen LogP contribution >= 0.6 is 0 Å². The first kappa shape index (κ1) is 9.96. The zero-order valence-corrected chi connectivity index (χ0v) is 8.01. The van der Waals surface area contributed by atoms with Crippen LogP contribution in [-0.4, -0.2) is 40.5 Å². The van der Waals surface area contributed by atoms with Gasteiger partial charge in [0.2, 0.25) is 0 Å². The molecular weight excluding hydrogens is 154 g/mol. The first-order chi connectivity index (χ1) is 5.86. The number of methoxy groups -OCH3 is 2. The van der Waals surface area contributed by atoms with Gasteiger partial charge < -0.3 is 14.8 Å². The van der Waals surface area contributed by atoms with Gasteiger partial charge in [-0.05, 0) is 18.3 Å². The third-order valence-electron chi connectivity index (χ3n) is 2.34. The van der Waals surface area contributed by atoms with E-state index in [0.29, 0.717) is 11.8 Å². The van der Waals surface area contributed by atoms with Crippen molar-refractivity contribution in [3.63, 3.8) is 0 Å². The van der Waals surface area contributed by atoms with Gasteiger partial charge in [0.15, 0.2) is 0 Å². The van der Waals surface area contributed by atoms with E-state index in [9.17, 15) is 0 Å². The quantitative estimate of drug-likeness (QED) is 0.671. The number of ether oxygens (including phenoxy) is 2. The summed E-state index contributed by atoms with van der Waals surface area (Å²) in [6.45, 7) is 3.92. The van der Waals surface area contributed by atoms with Crippen LogP contribution in [0.5, 0.6) is 0 Å². The molecule has 0 aliphatic carbocycles. The molecule has 1 aliphatic heterocycles. The van der Waals surface area contributed by atoms with Gasteiger partial charge in [0.1, 0.15) is 0 Å². The van der Waals surface area contributed by atoms with E-state index in [-0.39, 0.29) is 0 Å². The highest BCUT2D eigenvalue weighted by Gasteiger charge is 2.20. The van der Waals surface area contributed by atoms with Crippen LogP contribution < -0.4 is 5.32 Å². The second-order valence-corrected chi connectivity index (χ2v) is 3.54. The molecule has 0 spiro atoms. The Morgan fingerprint density at radius 3 is 2.00 bits per heavy atom. The summed E-state index contributed by atoms with van der Waals surface area (Å²) in [6, 6.07) is 0.